The van der Waals surface area contributed by atoms with E-state index >= 15 is 0 Å². The zero-order valence-corrected chi connectivity index (χ0v) is 11.9. The van der Waals surface area contributed by atoms with Gasteiger partial charge in [-0.05, 0) is 24.0 Å². The maximum absolute atomic E-state index is 11.2. The van der Waals surface area contributed by atoms with Crippen LogP contribution in [0, 0.1) is 0 Å². The highest BCUT2D eigenvalue weighted by atomic mass is 16.3. The number of hydrogen-bond acceptors (Lipinski definition) is 3. The summed E-state index contributed by atoms with van der Waals surface area (Å²) in [6, 6.07) is 7.95. The molecule has 0 bridgehead atoms. The Balaban J connectivity index is 2.40. The number of benzene rings is 1. The lowest BCUT2D eigenvalue weighted by Crippen LogP contribution is -2.35. The molecule has 106 valence electrons. The van der Waals surface area contributed by atoms with Gasteiger partial charge < -0.3 is 15.7 Å². The van der Waals surface area contributed by atoms with Gasteiger partial charge in [0.2, 0.25) is 5.91 Å². The summed E-state index contributed by atoms with van der Waals surface area (Å²) >= 11 is 0. The lowest BCUT2D eigenvalue weighted by Gasteiger charge is -2.13. The molecule has 0 spiro atoms. The number of likely N-dealkylation sites (N-methyl/N-ethyl adjacent to an activating group) is 1. The van der Waals surface area contributed by atoms with E-state index in [9.17, 15) is 9.90 Å². The SMILES string of the molecule is CCNC(=O)CNCC(O)c1ccc(C(C)C)cc1. The summed E-state index contributed by atoms with van der Waals surface area (Å²) in [7, 11) is 0. The Kier molecular flexibility index (Phi) is 6.53. The Morgan fingerprint density at radius 2 is 1.79 bits per heavy atom. The molecule has 4 nitrogen and oxygen atoms in total. The molecule has 0 aliphatic rings. The Hall–Kier alpha value is -1.39. The van der Waals surface area contributed by atoms with Crippen molar-refractivity contribution in [2.45, 2.75) is 32.8 Å². The molecule has 1 rings (SSSR count). The Labute approximate surface area is 115 Å². The van der Waals surface area contributed by atoms with Crippen molar-refractivity contribution in [1.82, 2.24) is 10.6 Å². The fraction of sp³-hybridized carbons (Fsp3) is 0.533. The van der Waals surface area contributed by atoms with E-state index in [0.717, 1.165) is 5.56 Å². The highest BCUT2D eigenvalue weighted by molar-refractivity contribution is 5.77. The van der Waals surface area contributed by atoms with Crippen LogP contribution in [0.15, 0.2) is 24.3 Å². The van der Waals surface area contributed by atoms with Crippen LogP contribution in [-0.2, 0) is 4.79 Å². The molecule has 0 saturated heterocycles. The van der Waals surface area contributed by atoms with Gasteiger partial charge in [0.1, 0.15) is 0 Å². The van der Waals surface area contributed by atoms with Gasteiger partial charge in [0, 0.05) is 13.1 Å². The molecule has 1 aromatic rings. The normalized spacial score (nSPS) is 12.5. The third-order valence-electron chi connectivity index (χ3n) is 2.99. The monoisotopic (exact) mass is 264 g/mol. The van der Waals surface area contributed by atoms with E-state index in [0.29, 0.717) is 19.0 Å². The second-order valence-corrected chi connectivity index (χ2v) is 4.92. The molecule has 3 N–H and O–H groups in total. The predicted octanol–water partition coefficient (Wildman–Crippen LogP) is 1.57. The molecular weight excluding hydrogens is 240 g/mol. The zero-order chi connectivity index (χ0) is 14.3. The maximum atomic E-state index is 11.2. The lowest BCUT2D eigenvalue weighted by atomic mass is 10.00. The third-order valence-corrected chi connectivity index (χ3v) is 2.99. The molecule has 0 aromatic heterocycles. The van der Waals surface area contributed by atoms with Gasteiger partial charge in [-0.2, -0.15) is 0 Å². The number of nitrogens with one attached hydrogen (secondary N) is 2. The van der Waals surface area contributed by atoms with Crippen molar-refractivity contribution in [1.29, 1.82) is 0 Å². The highest BCUT2D eigenvalue weighted by Crippen LogP contribution is 2.18. The molecule has 0 aliphatic carbocycles. The van der Waals surface area contributed by atoms with Crippen LogP contribution < -0.4 is 10.6 Å². The van der Waals surface area contributed by atoms with Gasteiger partial charge in [-0.1, -0.05) is 38.1 Å². The van der Waals surface area contributed by atoms with Gasteiger partial charge >= 0.3 is 0 Å². The first-order valence-corrected chi connectivity index (χ1v) is 6.80. The van der Waals surface area contributed by atoms with Crippen molar-refractivity contribution in [3.63, 3.8) is 0 Å². The van der Waals surface area contributed by atoms with E-state index in [1.807, 2.05) is 31.2 Å². The standard InChI is InChI=1S/C15H24N2O2/c1-4-17-15(19)10-16-9-14(18)13-7-5-12(6-8-13)11(2)3/h5-8,11,14,16,18H,4,9-10H2,1-3H3,(H,17,19). The number of rotatable bonds is 7. The molecular formula is C15H24N2O2. The molecule has 1 unspecified atom stereocenters. The van der Waals surface area contributed by atoms with E-state index < -0.39 is 6.10 Å². The summed E-state index contributed by atoms with van der Waals surface area (Å²) in [5, 5.41) is 15.6. The second-order valence-electron chi connectivity index (χ2n) is 4.92. The minimum atomic E-state index is -0.587. The minimum absolute atomic E-state index is 0.0511. The van der Waals surface area contributed by atoms with E-state index in [1.54, 1.807) is 0 Å². The Morgan fingerprint density at radius 3 is 2.32 bits per heavy atom. The minimum Gasteiger partial charge on any atom is -0.387 e. The van der Waals surface area contributed by atoms with Gasteiger partial charge in [0.05, 0.1) is 12.6 Å². The van der Waals surface area contributed by atoms with Crippen molar-refractivity contribution in [3.8, 4) is 0 Å². The summed E-state index contributed by atoms with van der Waals surface area (Å²) in [5.74, 6) is 0.437. The first-order chi connectivity index (χ1) is 9.04. The van der Waals surface area contributed by atoms with Crippen molar-refractivity contribution in [2.24, 2.45) is 0 Å². The summed E-state index contributed by atoms with van der Waals surface area (Å²) in [6.07, 6.45) is -0.587. The second kappa shape index (κ2) is 7.92. The van der Waals surface area contributed by atoms with E-state index in [-0.39, 0.29) is 12.5 Å². The van der Waals surface area contributed by atoms with Crippen molar-refractivity contribution in [2.75, 3.05) is 19.6 Å². The molecule has 19 heavy (non-hydrogen) atoms. The fourth-order valence-electron chi connectivity index (χ4n) is 1.80. The molecule has 0 radical (unpaired) electrons. The molecule has 1 atom stereocenters. The van der Waals surface area contributed by atoms with Gasteiger partial charge in [-0.15, -0.1) is 0 Å². The molecule has 4 heteroatoms. The molecule has 0 fully saturated rings. The van der Waals surface area contributed by atoms with Crippen LogP contribution in [0.2, 0.25) is 0 Å². The molecule has 0 heterocycles. The van der Waals surface area contributed by atoms with Crippen LogP contribution in [0.25, 0.3) is 0 Å². The summed E-state index contributed by atoms with van der Waals surface area (Å²) in [6.45, 7) is 7.38. The van der Waals surface area contributed by atoms with Crippen LogP contribution >= 0.6 is 0 Å². The Morgan fingerprint density at radius 1 is 1.21 bits per heavy atom. The number of aliphatic hydroxyl groups is 1. The maximum Gasteiger partial charge on any atom is 0.233 e. The van der Waals surface area contributed by atoms with Crippen LogP contribution in [0.5, 0.6) is 0 Å². The number of carbonyl (C=O) groups is 1. The summed E-state index contributed by atoms with van der Waals surface area (Å²) in [4.78, 5) is 11.2. The molecule has 0 aliphatic heterocycles. The van der Waals surface area contributed by atoms with Crippen molar-refractivity contribution < 1.29 is 9.90 Å². The van der Waals surface area contributed by atoms with Gasteiger partial charge in [0.15, 0.2) is 0 Å². The van der Waals surface area contributed by atoms with Crippen molar-refractivity contribution >= 4 is 5.91 Å². The van der Waals surface area contributed by atoms with Crippen LogP contribution in [0.4, 0.5) is 0 Å². The Bertz CT molecular complexity index is 388. The van der Waals surface area contributed by atoms with Crippen LogP contribution in [0.1, 0.15) is 43.9 Å². The molecule has 1 amide bonds. The first-order valence-electron chi connectivity index (χ1n) is 6.80. The van der Waals surface area contributed by atoms with E-state index in [1.165, 1.54) is 5.56 Å². The summed E-state index contributed by atoms with van der Waals surface area (Å²) < 4.78 is 0. The molecule has 0 saturated carbocycles. The summed E-state index contributed by atoms with van der Waals surface area (Å²) in [5.41, 5.74) is 2.12. The number of carbonyl (C=O) groups excluding carboxylic acids is 1. The average molecular weight is 264 g/mol. The van der Waals surface area contributed by atoms with E-state index in [4.69, 9.17) is 0 Å². The topological polar surface area (TPSA) is 61.4 Å². The zero-order valence-electron chi connectivity index (χ0n) is 11.9. The smallest absolute Gasteiger partial charge is 0.233 e. The number of amides is 1. The molecule has 1 aromatic carbocycles. The average Bonchev–Trinajstić information content (AvgIpc) is 2.39. The van der Waals surface area contributed by atoms with Gasteiger partial charge in [-0.25, -0.2) is 0 Å². The van der Waals surface area contributed by atoms with Gasteiger partial charge in [-0.3, -0.25) is 4.79 Å². The number of hydrogen-bond donors (Lipinski definition) is 3. The van der Waals surface area contributed by atoms with Crippen LogP contribution in [-0.4, -0.2) is 30.6 Å². The van der Waals surface area contributed by atoms with Gasteiger partial charge in [0.25, 0.3) is 0 Å². The first kappa shape index (κ1) is 15.7. The van der Waals surface area contributed by atoms with Crippen LogP contribution in [0.3, 0.4) is 0 Å². The predicted molar refractivity (Wildman–Crippen MR) is 77.0 cm³/mol. The number of aliphatic hydroxyl groups excluding tert-OH is 1. The fourth-order valence-corrected chi connectivity index (χ4v) is 1.80. The third kappa shape index (κ3) is 5.41. The highest BCUT2D eigenvalue weighted by Gasteiger charge is 2.08. The quantitative estimate of drug-likeness (QED) is 0.700. The van der Waals surface area contributed by atoms with E-state index in [2.05, 4.69) is 24.5 Å². The lowest BCUT2D eigenvalue weighted by molar-refractivity contribution is -0.120. The largest absolute Gasteiger partial charge is 0.387 e. The van der Waals surface area contributed by atoms with Crippen molar-refractivity contribution in [3.05, 3.63) is 35.4 Å².